The Morgan fingerprint density at radius 2 is 1.81 bits per heavy atom. The van der Waals surface area contributed by atoms with E-state index >= 15 is 0 Å². The first-order valence-corrected chi connectivity index (χ1v) is 9.49. The van der Waals surface area contributed by atoms with Gasteiger partial charge in [-0.05, 0) is 42.0 Å². The molecule has 4 rings (SSSR count). The maximum Gasteiger partial charge on any atom is 0.257 e. The fraction of sp³-hybridized carbons (Fsp3) is 0.0909. The van der Waals surface area contributed by atoms with Gasteiger partial charge in [0.05, 0.1) is 5.69 Å². The van der Waals surface area contributed by atoms with Gasteiger partial charge < -0.3 is 4.74 Å². The minimum absolute atomic E-state index is 0.161. The number of benzene rings is 3. The smallest absolute Gasteiger partial charge is 0.257 e. The lowest BCUT2D eigenvalue weighted by molar-refractivity contribution is 0.102. The van der Waals surface area contributed by atoms with Gasteiger partial charge >= 0.3 is 0 Å². The van der Waals surface area contributed by atoms with Gasteiger partial charge in [-0.1, -0.05) is 48.0 Å². The lowest BCUT2D eigenvalue weighted by Crippen LogP contribution is -2.11. The molecular weight excluding hydrogens is 356 g/mol. The number of carbonyl (C=O) groups excluding carboxylic acids is 1. The molecule has 0 aliphatic rings. The number of nitrogens with one attached hydrogen (secondary N) is 1. The predicted octanol–water partition coefficient (Wildman–Crippen LogP) is 5.44. The zero-order valence-electron chi connectivity index (χ0n) is 14.8. The molecule has 0 unspecified atom stereocenters. The van der Waals surface area contributed by atoms with E-state index in [1.54, 1.807) is 0 Å². The van der Waals surface area contributed by atoms with Crippen LogP contribution < -0.4 is 10.1 Å². The molecule has 0 aliphatic carbocycles. The van der Waals surface area contributed by atoms with Crippen LogP contribution in [-0.2, 0) is 6.61 Å². The molecule has 134 valence electrons. The summed E-state index contributed by atoms with van der Waals surface area (Å²) < 4.78 is 5.85. The fourth-order valence-corrected chi connectivity index (χ4v) is 3.41. The number of thiazole rings is 1. The Hall–Kier alpha value is -3.18. The number of hydrogen-bond donors (Lipinski definition) is 1. The average molecular weight is 374 g/mol. The van der Waals surface area contributed by atoms with Crippen molar-refractivity contribution in [2.75, 3.05) is 5.32 Å². The Labute approximate surface area is 161 Å². The molecule has 4 aromatic rings. The van der Waals surface area contributed by atoms with Crippen LogP contribution in [0.4, 0.5) is 5.13 Å². The Bertz CT molecular complexity index is 1090. The van der Waals surface area contributed by atoms with Crippen molar-refractivity contribution in [3.05, 3.63) is 88.9 Å². The topological polar surface area (TPSA) is 51.2 Å². The molecule has 4 nitrogen and oxygen atoms in total. The monoisotopic (exact) mass is 374 g/mol. The first-order valence-electron chi connectivity index (χ1n) is 8.61. The third-order valence-electron chi connectivity index (χ3n) is 4.19. The van der Waals surface area contributed by atoms with Gasteiger partial charge in [-0.3, -0.25) is 10.1 Å². The van der Waals surface area contributed by atoms with E-state index in [9.17, 15) is 4.79 Å². The van der Waals surface area contributed by atoms with Gasteiger partial charge in [0, 0.05) is 10.9 Å². The van der Waals surface area contributed by atoms with Gasteiger partial charge in [0.1, 0.15) is 12.4 Å². The van der Waals surface area contributed by atoms with Crippen LogP contribution in [-0.4, -0.2) is 10.9 Å². The zero-order chi connectivity index (χ0) is 18.6. The van der Waals surface area contributed by atoms with Crippen LogP contribution in [0, 0.1) is 6.92 Å². The number of fused-ring (bicyclic) bond motifs is 1. The third-order valence-corrected chi connectivity index (χ3v) is 5.00. The molecule has 0 radical (unpaired) electrons. The molecule has 5 heteroatoms. The van der Waals surface area contributed by atoms with Crippen molar-refractivity contribution < 1.29 is 9.53 Å². The Morgan fingerprint density at radius 1 is 1.04 bits per heavy atom. The quantitative estimate of drug-likeness (QED) is 0.506. The maximum absolute atomic E-state index is 12.3. The molecule has 3 aromatic carbocycles. The van der Waals surface area contributed by atoms with Crippen LogP contribution in [0.2, 0.25) is 0 Å². The average Bonchev–Trinajstić information content (AvgIpc) is 3.14. The number of aromatic nitrogens is 1. The second kappa shape index (κ2) is 7.60. The van der Waals surface area contributed by atoms with E-state index in [1.807, 2.05) is 66.9 Å². The van der Waals surface area contributed by atoms with Crippen molar-refractivity contribution in [1.29, 1.82) is 0 Å². The highest BCUT2D eigenvalue weighted by Gasteiger charge is 2.09. The van der Waals surface area contributed by atoms with Gasteiger partial charge in [-0.2, -0.15) is 0 Å². The second-order valence-corrected chi connectivity index (χ2v) is 7.12. The number of aryl methyl sites for hydroxylation is 1. The number of anilines is 1. The minimum Gasteiger partial charge on any atom is -0.487 e. The highest BCUT2D eigenvalue weighted by Crippen LogP contribution is 2.22. The Balaban J connectivity index is 1.38. The number of ether oxygens (including phenoxy) is 1. The van der Waals surface area contributed by atoms with Crippen LogP contribution in [0.3, 0.4) is 0 Å². The van der Waals surface area contributed by atoms with E-state index in [1.165, 1.54) is 16.7 Å². The summed E-state index contributed by atoms with van der Waals surface area (Å²) in [7, 11) is 0. The summed E-state index contributed by atoms with van der Waals surface area (Å²) in [4.78, 5) is 16.7. The van der Waals surface area contributed by atoms with Crippen LogP contribution in [0.25, 0.3) is 10.8 Å². The van der Waals surface area contributed by atoms with Crippen LogP contribution in [0.5, 0.6) is 5.75 Å². The fourth-order valence-electron chi connectivity index (χ4n) is 2.72. The molecule has 0 fully saturated rings. The summed E-state index contributed by atoms with van der Waals surface area (Å²) in [5, 5.41) is 7.61. The van der Waals surface area contributed by atoms with Gasteiger partial charge in [-0.15, -0.1) is 11.3 Å². The van der Waals surface area contributed by atoms with Crippen molar-refractivity contribution in [3.63, 3.8) is 0 Å². The van der Waals surface area contributed by atoms with Crippen molar-refractivity contribution in [1.82, 2.24) is 4.98 Å². The van der Waals surface area contributed by atoms with Crippen molar-refractivity contribution in [3.8, 4) is 5.75 Å². The molecule has 0 spiro atoms. The SMILES string of the molecule is Cc1ccc(C(=O)Nc2nc(COc3ccc4ccccc4c3)cs2)cc1. The van der Waals surface area contributed by atoms with E-state index in [2.05, 4.69) is 22.4 Å². The lowest BCUT2D eigenvalue weighted by Gasteiger charge is -2.06. The Kier molecular flexibility index (Phi) is 4.85. The molecule has 0 saturated heterocycles. The van der Waals surface area contributed by atoms with E-state index in [4.69, 9.17) is 4.74 Å². The number of rotatable bonds is 5. The Morgan fingerprint density at radius 3 is 2.63 bits per heavy atom. The van der Waals surface area contributed by atoms with Gasteiger partial charge in [0.25, 0.3) is 5.91 Å². The van der Waals surface area contributed by atoms with E-state index in [0.717, 1.165) is 22.4 Å². The van der Waals surface area contributed by atoms with Gasteiger partial charge in [-0.25, -0.2) is 4.98 Å². The molecule has 0 saturated carbocycles. The first-order chi connectivity index (χ1) is 13.2. The maximum atomic E-state index is 12.3. The molecule has 27 heavy (non-hydrogen) atoms. The standard InChI is InChI=1S/C22H18N2O2S/c1-15-6-8-17(9-7-15)21(25)24-22-23-19(14-27-22)13-26-20-11-10-16-4-2-3-5-18(16)12-20/h2-12,14H,13H2,1H3,(H,23,24,25). The summed E-state index contributed by atoms with van der Waals surface area (Å²) >= 11 is 1.39. The largest absolute Gasteiger partial charge is 0.487 e. The molecule has 0 aliphatic heterocycles. The summed E-state index contributed by atoms with van der Waals surface area (Å²) in [6.45, 7) is 2.35. The van der Waals surface area contributed by atoms with Crippen LogP contribution >= 0.6 is 11.3 Å². The molecule has 1 aromatic heterocycles. The van der Waals surface area contributed by atoms with E-state index in [0.29, 0.717) is 17.3 Å². The van der Waals surface area contributed by atoms with Crippen molar-refractivity contribution >= 4 is 33.1 Å². The lowest BCUT2D eigenvalue weighted by atomic mass is 10.1. The third kappa shape index (κ3) is 4.15. The van der Waals surface area contributed by atoms with E-state index in [-0.39, 0.29) is 5.91 Å². The first kappa shape index (κ1) is 17.2. The number of carbonyl (C=O) groups is 1. The van der Waals surface area contributed by atoms with Crippen LogP contribution in [0.1, 0.15) is 21.6 Å². The zero-order valence-corrected chi connectivity index (χ0v) is 15.6. The molecule has 0 bridgehead atoms. The van der Waals surface area contributed by atoms with Crippen LogP contribution in [0.15, 0.2) is 72.1 Å². The molecule has 0 atom stereocenters. The summed E-state index contributed by atoms with van der Waals surface area (Å²) in [6, 6.07) is 21.6. The minimum atomic E-state index is -0.161. The van der Waals surface area contributed by atoms with Crippen molar-refractivity contribution in [2.45, 2.75) is 13.5 Å². The summed E-state index contributed by atoms with van der Waals surface area (Å²) in [5.41, 5.74) is 2.52. The molecule has 1 heterocycles. The van der Waals surface area contributed by atoms with E-state index < -0.39 is 0 Å². The van der Waals surface area contributed by atoms with Gasteiger partial charge in [0.15, 0.2) is 5.13 Å². The van der Waals surface area contributed by atoms with Crippen molar-refractivity contribution in [2.24, 2.45) is 0 Å². The summed E-state index contributed by atoms with van der Waals surface area (Å²) in [5.74, 6) is 0.637. The second-order valence-electron chi connectivity index (χ2n) is 6.26. The highest BCUT2D eigenvalue weighted by atomic mass is 32.1. The van der Waals surface area contributed by atoms with Gasteiger partial charge in [0.2, 0.25) is 0 Å². The molecule has 1 N–H and O–H groups in total. The normalized spacial score (nSPS) is 10.7. The molecular formula is C22H18N2O2S. The number of hydrogen-bond acceptors (Lipinski definition) is 4. The summed E-state index contributed by atoms with van der Waals surface area (Å²) in [6.07, 6.45) is 0. The highest BCUT2D eigenvalue weighted by molar-refractivity contribution is 7.13. The molecule has 1 amide bonds. The number of nitrogens with zero attached hydrogens (tertiary/aromatic N) is 1. The predicted molar refractivity (Wildman–Crippen MR) is 110 cm³/mol. The number of amides is 1.